The molecule has 0 aliphatic rings. The molecule has 82 valence electrons. The van der Waals surface area contributed by atoms with Crippen LogP contribution >= 0.6 is 22.6 Å². The third kappa shape index (κ3) is 3.69. The summed E-state index contributed by atoms with van der Waals surface area (Å²) in [5.41, 5.74) is -0.505. The Kier molecular flexibility index (Phi) is 3.58. The number of rotatable bonds is 2. The second-order valence-corrected chi connectivity index (χ2v) is 4.14. The van der Waals surface area contributed by atoms with E-state index in [1.807, 2.05) is 22.6 Å². The van der Waals surface area contributed by atoms with Crippen molar-refractivity contribution < 1.29 is 23.1 Å². The van der Waals surface area contributed by atoms with Gasteiger partial charge in [-0.3, -0.25) is 0 Å². The molecule has 0 saturated heterocycles. The summed E-state index contributed by atoms with van der Waals surface area (Å²) in [5, 5.41) is 8.72. The first-order valence-corrected chi connectivity index (χ1v) is 4.96. The number of hydrogen-bond acceptors (Lipinski definition) is 1. The molecule has 0 radical (unpaired) electrons. The molecule has 15 heavy (non-hydrogen) atoms. The summed E-state index contributed by atoms with van der Waals surface area (Å²) < 4.78 is 36.9. The quantitative estimate of drug-likeness (QED) is 0.846. The zero-order chi connectivity index (χ0) is 11.6. The van der Waals surface area contributed by atoms with E-state index in [1.54, 1.807) is 0 Å². The van der Waals surface area contributed by atoms with Crippen LogP contribution in [0.5, 0.6) is 0 Å². The van der Waals surface area contributed by atoms with E-state index >= 15 is 0 Å². The third-order valence-corrected chi connectivity index (χ3v) is 2.36. The van der Waals surface area contributed by atoms with Crippen molar-refractivity contribution in [2.75, 3.05) is 0 Å². The number of benzene rings is 1. The average Bonchev–Trinajstić information content (AvgIpc) is 2.05. The van der Waals surface area contributed by atoms with Crippen molar-refractivity contribution in [1.29, 1.82) is 0 Å². The molecular formula is C9H6F3IO2. The number of halogens is 4. The maximum Gasteiger partial charge on any atom is 0.393 e. The maximum atomic E-state index is 12.1. The molecule has 0 aromatic heterocycles. The van der Waals surface area contributed by atoms with Gasteiger partial charge >= 0.3 is 12.1 Å². The molecule has 0 bridgehead atoms. The highest BCUT2D eigenvalue weighted by Gasteiger charge is 2.29. The van der Waals surface area contributed by atoms with Crippen LogP contribution in [-0.2, 0) is 6.42 Å². The highest BCUT2D eigenvalue weighted by Crippen LogP contribution is 2.24. The van der Waals surface area contributed by atoms with Gasteiger partial charge < -0.3 is 5.11 Å². The van der Waals surface area contributed by atoms with Crippen LogP contribution in [0.1, 0.15) is 15.9 Å². The topological polar surface area (TPSA) is 37.3 Å². The van der Waals surface area contributed by atoms with Gasteiger partial charge in [0.15, 0.2) is 0 Å². The minimum atomic E-state index is -4.39. The van der Waals surface area contributed by atoms with Gasteiger partial charge in [0.05, 0.1) is 12.0 Å². The maximum absolute atomic E-state index is 12.1. The molecule has 1 N–H and O–H groups in total. The predicted octanol–water partition coefficient (Wildman–Crippen LogP) is 3.09. The van der Waals surface area contributed by atoms with E-state index in [1.165, 1.54) is 18.2 Å². The highest BCUT2D eigenvalue weighted by atomic mass is 127. The summed E-state index contributed by atoms with van der Waals surface area (Å²) in [6, 6.07) is 3.87. The number of carbonyl (C=O) groups is 1. The Morgan fingerprint density at radius 3 is 2.47 bits per heavy atom. The average molecular weight is 330 g/mol. The zero-order valence-electron chi connectivity index (χ0n) is 7.31. The molecule has 6 heteroatoms. The van der Waals surface area contributed by atoms with Crippen LogP contribution < -0.4 is 0 Å². The fourth-order valence-corrected chi connectivity index (χ4v) is 1.61. The lowest BCUT2D eigenvalue weighted by molar-refractivity contribution is -0.127. The lowest BCUT2D eigenvalue weighted by Gasteiger charge is -2.09. The van der Waals surface area contributed by atoms with E-state index in [4.69, 9.17) is 5.11 Å². The molecule has 1 rings (SSSR count). The summed E-state index contributed by atoms with van der Waals surface area (Å²) in [4.78, 5) is 10.7. The minimum Gasteiger partial charge on any atom is -0.478 e. The van der Waals surface area contributed by atoms with Crippen LogP contribution in [0.4, 0.5) is 13.2 Å². The molecule has 0 aliphatic heterocycles. The molecule has 0 fully saturated rings. The lowest BCUT2D eigenvalue weighted by Crippen LogP contribution is -2.15. The largest absolute Gasteiger partial charge is 0.478 e. The van der Waals surface area contributed by atoms with Crippen molar-refractivity contribution in [3.63, 3.8) is 0 Å². The Bertz CT molecular complexity index is 387. The van der Waals surface area contributed by atoms with E-state index < -0.39 is 18.6 Å². The number of alkyl halides is 3. The Hall–Kier alpha value is -0.790. The van der Waals surface area contributed by atoms with Gasteiger partial charge in [0.1, 0.15) is 0 Å². The molecule has 1 aromatic carbocycles. The fraction of sp³-hybridized carbons (Fsp3) is 0.222. The van der Waals surface area contributed by atoms with Crippen molar-refractivity contribution in [1.82, 2.24) is 0 Å². The van der Waals surface area contributed by atoms with Crippen molar-refractivity contribution in [3.05, 3.63) is 32.9 Å². The first-order valence-electron chi connectivity index (χ1n) is 3.88. The summed E-state index contributed by atoms with van der Waals surface area (Å²) in [7, 11) is 0. The Morgan fingerprint density at radius 1 is 1.40 bits per heavy atom. The summed E-state index contributed by atoms with van der Waals surface area (Å²) >= 11 is 1.85. The van der Waals surface area contributed by atoms with Crippen molar-refractivity contribution in [3.8, 4) is 0 Å². The molecule has 0 unspecified atom stereocenters. The van der Waals surface area contributed by atoms with E-state index in [2.05, 4.69) is 0 Å². The zero-order valence-corrected chi connectivity index (χ0v) is 9.46. The second-order valence-electron chi connectivity index (χ2n) is 2.90. The minimum absolute atomic E-state index is 0.213. The molecule has 0 amide bonds. The third-order valence-electron chi connectivity index (χ3n) is 1.69. The first kappa shape index (κ1) is 12.3. The van der Waals surface area contributed by atoms with Gasteiger partial charge in [0.2, 0.25) is 0 Å². The van der Waals surface area contributed by atoms with E-state index in [-0.39, 0.29) is 11.1 Å². The van der Waals surface area contributed by atoms with E-state index in [0.29, 0.717) is 3.57 Å². The lowest BCUT2D eigenvalue weighted by atomic mass is 10.0. The standard InChI is InChI=1S/C9H6F3IO2/c10-9(11,12)4-5-1-2-6(13)3-7(5)8(14)15/h1-3H,4H2,(H,14,15). The van der Waals surface area contributed by atoms with Crippen LogP contribution in [0.15, 0.2) is 18.2 Å². The molecule has 0 spiro atoms. The van der Waals surface area contributed by atoms with Gasteiger partial charge in [-0.2, -0.15) is 13.2 Å². The van der Waals surface area contributed by atoms with Gasteiger partial charge in [0.25, 0.3) is 0 Å². The molecule has 0 heterocycles. The summed E-state index contributed by atoms with van der Waals surface area (Å²) in [6.45, 7) is 0. The van der Waals surface area contributed by atoms with Crippen LogP contribution in [0.25, 0.3) is 0 Å². The molecule has 1 aromatic rings. The number of carboxylic acids is 1. The van der Waals surface area contributed by atoms with Gasteiger partial charge in [-0.1, -0.05) is 6.07 Å². The Balaban J connectivity index is 3.12. The molecule has 0 atom stereocenters. The van der Waals surface area contributed by atoms with Crippen LogP contribution in [0.3, 0.4) is 0 Å². The van der Waals surface area contributed by atoms with Crippen molar-refractivity contribution in [2.24, 2.45) is 0 Å². The van der Waals surface area contributed by atoms with Gasteiger partial charge in [-0.25, -0.2) is 4.79 Å². The summed E-state index contributed by atoms with van der Waals surface area (Å²) in [5.74, 6) is -1.34. The SMILES string of the molecule is O=C(O)c1cc(I)ccc1CC(F)(F)F. The molecular weight excluding hydrogens is 324 g/mol. The number of aromatic carboxylic acids is 1. The number of carboxylic acid groups (broad SMARTS) is 1. The predicted molar refractivity (Wildman–Crippen MR) is 55.9 cm³/mol. The van der Waals surface area contributed by atoms with Crippen molar-refractivity contribution in [2.45, 2.75) is 12.6 Å². The first-order chi connectivity index (χ1) is 6.79. The van der Waals surface area contributed by atoms with E-state index in [9.17, 15) is 18.0 Å². The Morgan fingerprint density at radius 2 is 2.00 bits per heavy atom. The van der Waals surface area contributed by atoms with Gasteiger partial charge in [0, 0.05) is 3.57 Å². The van der Waals surface area contributed by atoms with Crippen LogP contribution in [-0.4, -0.2) is 17.3 Å². The van der Waals surface area contributed by atoms with Gasteiger partial charge in [-0.15, -0.1) is 0 Å². The monoisotopic (exact) mass is 330 g/mol. The highest BCUT2D eigenvalue weighted by molar-refractivity contribution is 14.1. The molecule has 0 saturated carbocycles. The summed E-state index contributed by atoms with van der Waals surface area (Å²) in [6.07, 6.45) is -5.61. The van der Waals surface area contributed by atoms with Gasteiger partial charge in [-0.05, 0) is 40.3 Å². The number of hydrogen-bond donors (Lipinski definition) is 1. The van der Waals surface area contributed by atoms with Crippen LogP contribution in [0.2, 0.25) is 0 Å². The fourth-order valence-electron chi connectivity index (χ4n) is 1.12. The van der Waals surface area contributed by atoms with Crippen LogP contribution in [0, 0.1) is 3.57 Å². The van der Waals surface area contributed by atoms with E-state index in [0.717, 1.165) is 0 Å². The van der Waals surface area contributed by atoms with Crippen molar-refractivity contribution >= 4 is 28.6 Å². The molecule has 2 nitrogen and oxygen atoms in total. The normalized spacial score (nSPS) is 11.5. The smallest absolute Gasteiger partial charge is 0.393 e. The second kappa shape index (κ2) is 4.38. The Labute approximate surface area is 97.2 Å². The molecule has 0 aliphatic carbocycles.